The van der Waals surface area contributed by atoms with Crippen molar-refractivity contribution in [2.24, 2.45) is 5.41 Å². The van der Waals surface area contributed by atoms with E-state index in [2.05, 4.69) is 30.5 Å². The maximum Gasteiger partial charge on any atom is 0.237 e. The maximum absolute atomic E-state index is 12.0. The summed E-state index contributed by atoms with van der Waals surface area (Å²) in [4.78, 5) is 12.0. The molecule has 20 heavy (non-hydrogen) atoms. The van der Waals surface area contributed by atoms with E-state index in [1.807, 2.05) is 18.2 Å². The van der Waals surface area contributed by atoms with Gasteiger partial charge in [-0.25, -0.2) is 0 Å². The minimum atomic E-state index is -0.00281. The molecule has 0 radical (unpaired) electrons. The first-order valence-electron chi connectivity index (χ1n) is 7.22. The number of hydrogen-bond donors (Lipinski definition) is 2. The first-order chi connectivity index (χ1) is 9.46. The van der Waals surface area contributed by atoms with Crippen LogP contribution in [0.4, 0.5) is 0 Å². The van der Waals surface area contributed by atoms with Crippen LogP contribution in [0, 0.1) is 5.41 Å². The van der Waals surface area contributed by atoms with Crippen molar-refractivity contribution in [3.63, 3.8) is 0 Å². The number of carbonyl (C=O) groups is 1. The molecular weight excluding hydrogens is 272 g/mol. The molecule has 2 rings (SSSR count). The lowest BCUT2D eigenvalue weighted by molar-refractivity contribution is -0.123. The summed E-state index contributed by atoms with van der Waals surface area (Å²) in [5.41, 5.74) is 1.22. The summed E-state index contributed by atoms with van der Waals surface area (Å²) in [6.07, 6.45) is 2.93. The average molecular weight is 295 g/mol. The monoisotopic (exact) mass is 294 g/mol. The van der Waals surface area contributed by atoms with Gasteiger partial charge in [-0.15, -0.1) is 0 Å². The fourth-order valence-corrected chi connectivity index (χ4v) is 2.83. The molecule has 1 heterocycles. The van der Waals surface area contributed by atoms with E-state index >= 15 is 0 Å². The third-order valence-corrected chi connectivity index (χ3v) is 3.92. The van der Waals surface area contributed by atoms with Gasteiger partial charge in [-0.05, 0) is 48.9 Å². The Morgan fingerprint density at radius 2 is 2.30 bits per heavy atom. The summed E-state index contributed by atoms with van der Waals surface area (Å²) in [6.45, 7) is 5.95. The number of hydrogen-bond acceptors (Lipinski definition) is 2. The van der Waals surface area contributed by atoms with E-state index in [9.17, 15) is 4.79 Å². The van der Waals surface area contributed by atoms with E-state index in [1.165, 1.54) is 5.56 Å². The Labute approximate surface area is 126 Å². The van der Waals surface area contributed by atoms with Crippen molar-refractivity contribution >= 4 is 17.5 Å². The van der Waals surface area contributed by atoms with Crippen LogP contribution in [-0.4, -0.2) is 25.0 Å². The van der Waals surface area contributed by atoms with Crippen LogP contribution in [0.1, 0.15) is 32.3 Å². The van der Waals surface area contributed by atoms with Crippen LogP contribution in [-0.2, 0) is 11.2 Å². The molecule has 1 aromatic rings. The third-order valence-electron chi connectivity index (χ3n) is 3.69. The quantitative estimate of drug-likeness (QED) is 0.877. The number of nitrogens with one attached hydrogen (secondary N) is 2. The number of halogens is 1. The zero-order valence-corrected chi connectivity index (χ0v) is 13.0. The summed E-state index contributed by atoms with van der Waals surface area (Å²) in [7, 11) is 0. The second kappa shape index (κ2) is 6.59. The highest BCUT2D eigenvalue weighted by Gasteiger charge is 2.25. The Balaban J connectivity index is 1.85. The predicted molar refractivity (Wildman–Crippen MR) is 83.0 cm³/mol. The fourth-order valence-electron chi connectivity index (χ4n) is 2.62. The van der Waals surface area contributed by atoms with Crippen molar-refractivity contribution in [2.75, 3.05) is 13.1 Å². The van der Waals surface area contributed by atoms with Gasteiger partial charge < -0.3 is 10.6 Å². The maximum atomic E-state index is 12.0. The largest absolute Gasteiger partial charge is 0.354 e. The summed E-state index contributed by atoms with van der Waals surface area (Å²) >= 11 is 6.01. The topological polar surface area (TPSA) is 41.1 Å². The lowest BCUT2D eigenvalue weighted by atomic mass is 9.85. The van der Waals surface area contributed by atoms with Crippen molar-refractivity contribution in [3.8, 4) is 0 Å². The Morgan fingerprint density at radius 1 is 1.50 bits per heavy atom. The van der Waals surface area contributed by atoms with Gasteiger partial charge in [0.05, 0.1) is 6.04 Å². The fraction of sp³-hybridized carbons (Fsp3) is 0.562. The van der Waals surface area contributed by atoms with E-state index in [1.54, 1.807) is 0 Å². The molecule has 110 valence electrons. The molecule has 0 aromatic heterocycles. The summed E-state index contributed by atoms with van der Waals surface area (Å²) in [5.74, 6) is 0.127. The van der Waals surface area contributed by atoms with Crippen molar-refractivity contribution in [1.29, 1.82) is 0 Å². The molecule has 1 amide bonds. The molecule has 0 saturated carbocycles. The van der Waals surface area contributed by atoms with Gasteiger partial charge in [-0.2, -0.15) is 0 Å². The molecule has 1 aliphatic rings. The molecule has 1 fully saturated rings. The van der Waals surface area contributed by atoms with Crippen LogP contribution >= 0.6 is 11.6 Å². The second-order valence-corrected chi connectivity index (χ2v) is 6.77. The number of amides is 1. The van der Waals surface area contributed by atoms with Gasteiger partial charge in [-0.1, -0.05) is 37.6 Å². The van der Waals surface area contributed by atoms with Gasteiger partial charge in [0.15, 0.2) is 0 Å². The number of rotatable bonds is 5. The van der Waals surface area contributed by atoms with E-state index < -0.39 is 0 Å². The SMILES string of the molecule is CC(C)(CNC(=O)C1CCCN1)Cc1cccc(Cl)c1. The van der Waals surface area contributed by atoms with Crippen molar-refractivity contribution < 1.29 is 4.79 Å². The van der Waals surface area contributed by atoms with Gasteiger partial charge >= 0.3 is 0 Å². The third kappa shape index (κ3) is 4.50. The number of benzene rings is 1. The zero-order valence-electron chi connectivity index (χ0n) is 12.2. The van der Waals surface area contributed by atoms with Crippen LogP contribution in [0.5, 0.6) is 0 Å². The Bertz CT molecular complexity index is 467. The minimum Gasteiger partial charge on any atom is -0.354 e. The van der Waals surface area contributed by atoms with Crippen molar-refractivity contribution in [3.05, 3.63) is 34.9 Å². The zero-order chi connectivity index (χ0) is 14.6. The molecule has 0 spiro atoms. The summed E-state index contributed by atoms with van der Waals surface area (Å²) in [5, 5.41) is 7.05. The lowest BCUT2D eigenvalue weighted by Gasteiger charge is -2.26. The van der Waals surface area contributed by atoms with Gasteiger partial charge in [0.25, 0.3) is 0 Å². The van der Waals surface area contributed by atoms with Gasteiger partial charge in [-0.3, -0.25) is 4.79 Å². The Hall–Kier alpha value is -1.06. The summed E-state index contributed by atoms with van der Waals surface area (Å²) < 4.78 is 0. The van der Waals surface area contributed by atoms with Gasteiger partial charge in [0.1, 0.15) is 0 Å². The van der Waals surface area contributed by atoms with Crippen LogP contribution in [0.2, 0.25) is 5.02 Å². The molecule has 1 saturated heterocycles. The molecular formula is C16H23ClN2O. The first kappa shape index (κ1) is 15.3. The first-order valence-corrected chi connectivity index (χ1v) is 7.60. The van der Waals surface area contributed by atoms with Crippen LogP contribution < -0.4 is 10.6 Å². The molecule has 0 bridgehead atoms. The number of carbonyl (C=O) groups excluding carboxylic acids is 1. The van der Waals surface area contributed by atoms with Crippen LogP contribution in [0.3, 0.4) is 0 Å². The highest BCUT2D eigenvalue weighted by Crippen LogP contribution is 2.23. The predicted octanol–water partition coefficient (Wildman–Crippen LogP) is 2.78. The highest BCUT2D eigenvalue weighted by molar-refractivity contribution is 6.30. The molecule has 1 unspecified atom stereocenters. The molecule has 2 N–H and O–H groups in total. The molecule has 1 atom stereocenters. The van der Waals surface area contributed by atoms with Crippen molar-refractivity contribution in [2.45, 2.75) is 39.2 Å². The normalized spacial score (nSPS) is 19.1. The highest BCUT2D eigenvalue weighted by atomic mass is 35.5. The Kier molecular flexibility index (Phi) is 5.06. The molecule has 3 nitrogen and oxygen atoms in total. The van der Waals surface area contributed by atoms with Crippen molar-refractivity contribution in [1.82, 2.24) is 10.6 Å². The van der Waals surface area contributed by atoms with E-state index in [-0.39, 0.29) is 17.4 Å². The van der Waals surface area contributed by atoms with Crippen LogP contribution in [0.15, 0.2) is 24.3 Å². The minimum absolute atomic E-state index is 0.00281. The molecule has 1 aliphatic heterocycles. The standard InChI is InChI=1S/C16H23ClN2O/c1-16(2,10-12-5-3-6-13(17)9-12)11-19-15(20)14-7-4-8-18-14/h3,5-6,9,14,18H,4,7-8,10-11H2,1-2H3,(H,19,20). The molecule has 4 heteroatoms. The van der Waals surface area contributed by atoms with Crippen LogP contribution in [0.25, 0.3) is 0 Å². The van der Waals surface area contributed by atoms with E-state index in [0.29, 0.717) is 6.54 Å². The molecule has 1 aromatic carbocycles. The van der Waals surface area contributed by atoms with E-state index in [4.69, 9.17) is 11.6 Å². The van der Waals surface area contributed by atoms with Gasteiger partial charge in [0.2, 0.25) is 5.91 Å². The summed E-state index contributed by atoms with van der Waals surface area (Å²) in [6, 6.07) is 7.91. The van der Waals surface area contributed by atoms with E-state index in [0.717, 1.165) is 30.8 Å². The average Bonchev–Trinajstić information content (AvgIpc) is 2.89. The lowest BCUT2D eigenvalue weighted by Crippen LogP contribution is -2.44. The smallest absolute Gasteiger partial charge is 0.237 e. The Morgan fingerprint density at radius 3 is 2.95 bits per heavy atom. The second-order valence-electron chi connectivity index (χ2n) is 6.34. The molecule has 0 aliphatic carbocycles. The van der Waals surface area contributed by atoms with Gasteiger partial charge in [0, 0.05) is 11.6 Å².